The highest BCUT2D eigenvalue weighted by Crippen LogP contribution is 2.32. The van der Waals surface area contributed by atoms with Crippen LogP contribution in [0.3, 0.4) is 0 Å². The fourth-order valence-electron chi connectivity index (χ4n) is 3.98. The van der Waals surface area contributed by atoms with Crippen LogP contribution in [0, 0.1) is 23.7 Å². The summed E-state index contributed by atoms with van der Waals surface area (Å²) in [6, 6.07) is 0. The normalized spacial score (nSPS) is 38.3. The van der Waals surface area contributed by atoms with E-state index < -0.39 is 0 Å². The van der Waals surface area contributed by atoms with Gasteiger partial charge in [-0.15, -0.1) is 0 Å². The molecule has 1 saturated carbocycles. The molecule has 0 amide bonds. The highest BCUT2D eigenvalue weighted by atomic mass is 16.1. The van der Waals surface area contributed by atoms with Crippen LogP contribution in [0.1, 0.15) is 52.9 Å². The smallest absolute Gasteiger partial charge is 0.137 e. The molecule has 104 valence electrons. The SMILES string of the molecule is CCCC1CCN(CC2C(=O)CC(C)CC2C)C1. The second-order valence-corrected chi connectivity index (χ2v) is 6.80. The monoisotopic (exact) mass is 251 g/mol. The van der Waals surface area contributed by atoms with E-state index in [0.717, 1.165) is 18.9 Å². The van der Waals surface area contributed by atoms with Gasteiger partial charge < -0.3 is 4.90 Å². The third kappa shape index (κ3) is 3.34. The summed E-state index contributed by atoms with van der Waals surface area (Å²) in [6.07, 6.45) is 6.07. The predicted octanol–water partition coefficient (Wildman–Crippen LogP) is 3.36. The molecule has 18 heavy (non-hydrogen) atoms. The van der Waals surface area contributed by atoms with Crippen LogP contribution in [0.4, 0.5) is 0 Å². The Balaban J connectivity index is 1.84. The Labute approximate surface area is 112 Å². The van der Waals surface area contributed by atoms with Gasteiger partial charge in [-0.05, 0) is 43.6 Å². The van der Waals surface area contributed by atoms with Gasteiger partial charge in [0, 0.05) is 25.4 Å². The number of carbonyl (C=O) groups excluding carboxylic acids is 1. The van der Waals surface area contributed by atoms with Gasteiger partial charge in [-0.1, -0.05) is 27.2 Å². The van der Waals surface area contributed by atoms with Gasteiger partial charge in [-0.3, -0.25) is 4.79 Å². The molecular weight excluding hydrogens is 222 g/mol. The van der Waals surface area contributed by atoms with Crippen molar-refractivity contribution in [3.8, 4) is 0 Å². The zero-order chi connectivity index (χ0) is 13.1. The van der Waals surface area contributed by atoms with E-state index in [2.05, 4.69) is 25.7 Å². The number of ketones is 1. The molecule has 1 saturated heterocycles. The fourth-order valence-corrected chi connectivity index (χ4v) is 3.98. The van der Waals surface area contributed by atoms with E-state index in [1.807, 2.05) is 0 Å². The van der Waals surface area contributed by atoms with Crippen molar-refractivity contribution in [2.75, 3.05) is 19.6 Å². The van der Waals surface area contributed by atoms with Crippen molar-refractivity contribution in [2.45, 2.75) is 52.9 Å². The summed E-state index contributed by atoms with van der Waals surface area (Å²) >= 11 is 0. The molecule has 0 spiro atoms. The van der Waals surface area contributed by atoms with Crippen molar-refractivity contribution in [3.05, 3.63) is 0 Å². The maximum absolute atomic E-state index is 12.2. The summed E-state index contributed by atoms with van der Waals surface area (Å²) < 4.78 is 0. The molecule has 0 aromatic heterocycles. The Morgan fingerprint density at radius 1 is 1.33 bits per heavy atom. The largest absolute Gasteiger partial charge is 0.302 e. The number of carbonyl (C=O) groups is 1. The first-order valence-corrected chi connectivity index (χ1v) is 7.85. The van der Waals surface area contributed by atoms with Crippen molar-refractivity contribution < 1.29 is 4.79 Å². The molecule has 0 bridgehead atoms. The quantitative estimate of drug-likeness (QED) is 0.763. The molecule has 0 aromatic carbocycles. The average molecular weight is 251 g/mol. The van der Waals surface area contributed by atoms with E-state index in [9.17, 15) is 4.79 Å². The predicted molar refractivity (Wildman–Crippen MR) is 75.5 cm³/mol. The Hall–Kier alpha value is -0.370. The zero-order valence-electron chi connectivity index (χ0n) is 12.3. The Morgan fingerprint density at radius 3 is 2.78 bits per heavy atom. The molecule has 4 atom stereocenters. The molecule has 0 radical (unpaired) electrons. The lowest BCUT2D eigenvalue weighted by Gasteiger charge is -2.34. The van der Waals surface area contributed by atoms with Crippen molar-refractivity contribution in [2.24, 2.45) is 23.7 Å². The van der Waals surface area contributed by atoms with Crippen LogP contribution in [-0.2, 0) is 4.79 Å². The summed E-state index contributed by atoms with van der Waals surface area (Å²) in [5, 5.41) is 0. The highest BCUT2D eigenvalue weighted by Gasteiger charge is 2.34. The number of hydrogen-bond acceptors (Lipinski definition) is 2. The van der Waals surface area contributed by atoms with Crippen molar-refractivity contribution in [1.82, 2.24) is 4.90 Å². The minimum atomic E-state index is 0.321. The molecule has 0 N–H and O–H groups in total. The van der Waals surface area contributed by atoms with Gasteiger partial charge in [0.15, 0.2) is 0 Å². The molecule has 1 aliphatic carbocycles. The molecule has 2 aliphatic rings. The molecule has 0 aromatic rings. The molecular formula is C16H29NO. The number of likely N-dealkylation sites (tertiary alicyclic amines) is 1. The van der Waals surface area contributed by atoms with Crippen molar-refractivity contribution in [1.29, 1.82) is 0 Å². The molecule has 2 heteroatoms. The molecule has 4 unspecified atom stereocenters. The van der Waals surface area contributed by atoms with Gasteiger partial charge in [-0.25, -0.2) is 0 Å². The summed E-state index contributed by atoms with van der Waals surface area (Å²) in [6.45, 7) is 10.3. The van der Waals surface area contributed by atoms with Gasteiger partial charge in [-0.2, -0.15) is 0 Å². The van der Waals surface area contributed by atoms with E-state index in [4.69, 9.17) is 0 Å². The van der Waals surface area contributed by atoms with Crippen LogP contribution >= 0.6 is 0 Å². The highest BCUT2D eigenvalue weighted by molar-refractivity contribution is 5.82. The van der Waals surface area contributed by atoms with Crippen LogP contribution in [0.15, 0.2) is 0 Å². The van der Waals surface area contributed by atoms with Gasteiger partial charge in [0.2, 0.25) is 0 Å². The van der Waals surface area contributed by atoms with E-state index in [0.29, 0.717) is 23.5 Å². The first kappa shape index (κ1) is 14.0. The molecule has 2 rings (SSSR count). The lowest BCUT2D eigenvalue weighted by Crippen LogP contribution is -2.39. The summed E-state index contributed by atoms with van der Waals surface area (Å²) in [5.41, 5.74) is 0. The van der Waals surface area contributed by atoms with Crippen LogP contribution in [0.25, 0.3) is 0 Å². The van der Waals surface area contributed by atoms with Crippen LogP contribution in [-0.4, -0.2) is 30.3 Å². The Morgan fingerprint density at radius 2 is 2.11 bits per heavy atom. The standard InChI is InChI=1S/C16H29NO/c1-4-5-14-6-7-17(10-14)11-15-13(3)8-12(2)9-16(15)18/h12-15H,4-11H2,1-3H3. The van der Waals surface area contributed by atoms with Crippen LogP contribution < -0.4 is 0 Å². The van der Waals surface area contributed by atoms with Crippen molar-refractivity contribution in [3.63, 3.8) is 0 Å². The molecule has 1 heterocycles. The molecule has 2 nitrogen and oxygen atoms in total. The van der Waals surface area contributed by atoms with Crippen molar-refractivity contribution >= 4 is 5.78 Å². The van der Waals surface area contributed by atoms with Gasteiger partial charge in [0.05, 0.1) is 0 Å². The van der Waals surface area contributed by atoms with Gasteiger partial charge in [0.1, 0.15) is 5.78 Å². The average Bonchev–Trinajstić information content (AvgIpc) is 2.72. The lowest BCUT2D eigenvalue weighted by atomic mass is 9.74. The third-order valence-corrected chi connectivity index (χ3v) is 4.95. The number of rotatable bonds is 4. The maximum Gasteiger partial charge on any atom is 0.137 e. The minimum absolute atomic E-state index is 0.321. The number of Topliss-reactive ketones (excluding diaryl/α,β-unsaturated/α-hetero) is 1. The molecule has 1 aliphatic heterocycles. The van der Waals surface area contributed by atoms with Gasteiger partial charge >= 0.3 is 0 Å². The van der Waals surface area contributed by atoms with Gasteiger partial charge in [0.25, 0.3) is 0 Å². The molecule has 2 fully saturated rings. The third-order valence-electron chi connectivity index (χ3n) is 4.95. The van der Waals surface area contributed by atoms with E-state index in [1.165, 1.54) is 38.8 Å². The number of nitrogens with zero attached hydrogens (tertiary/aromatic N) is 1. The van der Waals surface area contributed by atoms with Crippen LogP contribution in [0.2, 0.25) is 0 Å². The summed E-state index contributed by atoms with van der Waals surface area (Å²) in [7, 11) is 0. The van der Waals surface area contributed by atoms with E-state index in [1.54, 1.807) is 0 Å². The first-order valence-electron chi connectivity index (χ1n) is 7.85. The topological polar surface area (TPSA) is 20.3 Å². The van der Waals surface area contributed by atoms with E-state index >= 15 is 0 Å². The zero-order valence-corrected chi connectivity index (χ0v) is 12.3. The lowest BCUT2D eigenvalue weighted by molar-refractivity contribution is -0.128. The minimum Gasteiger partial charge on any atom is -0.302 e. The summed E-state index contributed by atoms with van der Waals surface area (Å²) in [4.78, 5) is 14.7. The summed E-state index contributed by atoms with van der Waals surface area (Å²) in [5.74, 6) is 2.94. The number of hydrogen-bond donors (Lipinski definition) is 0. The maximum atomic E-state index is 12.2. The fraction of sp³-hybridized carbons (Fsp3) is 0.938. The second kappa shape index (κ2) is 6.18. The Bertz CT molecular complexity index is 289. The van der Waals surface area contributed by atoms with Crippen LogP contribution in [0.5, 0.6) is 0 Å². The second-order valence-electron chi connectivity index (χ2n) is 6.80. The first-order chi connectivity index (χ1) is 8.60. The Kier molecular flexibility index (Phi) is 4.83. The van der Waals surface area contributed by atoms with E-state index in [-0.39, 0.29) is 0 Å².